The van der Waals surface area contributed by atoms with E-state index < -0.39 is 29.4 Å². The number of hydrogen-bond acceptors (Lipinski definition) is 3. The van der Waals surface area contributed by atoms with Crippen molar-refractivity contribution >= 4 is 11.9 Å². The molecule has 2 atom stereocenters. The lowest BCUT2D eigenvalue weighted by molar-refractivity contribution is -0.122. The molecule has 7 heteroatoms. The largest absolute Gasteiger partial charge is 0.478 e. The van der Waals surface area contributed by atoms with E-state index in [1.807, 2.05) is 0 Å². The maximum atomic E-state index is 13.7. The molecule has 1 aromatic heterocycles. The van der Waals surface area contributed by atoms with E-state index in [-0.39, 0.29) is 29.3 Å². The fourth-order valence-electron chi connectivity index (χ4n) is 2.82. The van der Waals surface area contributed by atoms with Crippen LogP contribution in [-0.4, -0.2) is 17.0 Å². The minimum Gasteiger partial charge on any atom is -0.478 e. The van der Waals surface area contributed by atoms with E-state index in [0.29, 0.717) is 12.2 Å². The third kappa shape index (κ3) is 3.02. The Labute approximate surface area is 136 Å². The van der Waals surface area contributed by atoms with E-state index in [1.165, 1.54) is 31.2 Å². The van der Waals surface area contributed by atoms with Crippen LogP contribution in [-0.2, 0) is 11.3 Å². The summed E-state index contributed by atoms with van der Waals surface area (Å²) in [4.78, 5) is 23.0. The molecular weight excluding hydrogens is 320 g/mol. The van der Waals surface area contributed by atoms with Crippen molar-refractivity contribution in [1.29, 1.82) is 0 Å². The molecule has 1 heterocycles. The molecule has 0 saturated heterocycles. The second-order valence-corrected chi connectivity index (χ2v) is 5.79. The molecule has 126 valence electrons. The fraction of sp³-hybridized carbons (Fsp3) is 0.294. The summed E-state index contributed by atoms with van der Waals surface area (Å²) in [5, 5.41) is 11.6. The summed E-state index contributed by atoms with van der Waals surface area (Å²) in [5.74, 6) is -3.15. The molecule has 0 radical (unpaired) electrons. The van der Waals surface area contributed by atoms with Crippen molar-refractivity contribution in [2.75, 3.05) is 0 Å². The zero-order valence-electron chi connectivity index (χ0n) is 12.8. The molecule has 1 fully saturated rings. The summed E-state index contributed by atoms with van der Waals surface area (Å²) in [7, 11) is 0. The van der Waals surface area contributed by atoms with Gasteiger partial charge in [0, 0.05) is 17.4 Å². The molecule has 1 amide bonds. The molecule has 1 aliphatic rings. The summed E-state index contributed by atoms with van der Waals surface area (Å²) in [5.41, 5.74) is -0.0170. The predicted octanol–water partition coefficient (Wildman–Crippen LogP) is 2.98. The number of nitrogens with one attached hydrogen (secondary N) is 1. The van der Waals surface area contributed by atoms with E-state index in [4.69, 9.17) is 9.52 Å². The topological polar surface area (TPSA) is 79.5 Å². The Bertz CT molecular complexity index is 795. The number of hydrogen-bond donors (Lipinski definition) is 2. The fourth-order valence-corrected chi connectivity index (χ4v) is 2.82. The number of carboxylic acid groups (broad SMARTS) is 1. The first-order valence-electron chi connectivity index (χ1n) is 7.42. The number of aromatic carboxylic acids is 1. The number of carbonyl (C=O) groups is 2. The average molecular weight is 335 g/mol. The molecule has 2 N–H and O–H groups in total. The van der Waals surface area contributed by atoms with Crippen LogP contribution in [0, 0.1) is 24.5 Å². The van der Waals surface area contributed by atoms with Crippen LogP contribution in [0.2, 0.25) is 0 Å². The van der Waals surface area contributed by atoms with E-state index in [2.05, 4.69) is 5.32 Å². The van der Waals surface area contributed by atoms with Gasteiger partial charge in [0.15, 0.2) is 0 Å². The van der Waals surface area contributed by atoms with Crippen molar-refractivity contribution in [2.24, 2.45) is 5.92 Å². The van der Waals surface area contributed by atoms with Gasteiger partial charge in [-0.25, -0.2) is 13.6 Å². The Morgan fingerprint density at radius 2 is 2.00 bits per heavy atom. The highest BCUT2D eigenvalue weighted by Crippen LogP contribution is 2.49. The second kappa shape index (κ2) is 6.07. The van der Waals surface area contributed by atoms with Gasteiger partial charge >= 0.3 is 5.97 Å². The van der Waals surface area contributed by atoms with Gasteiger partial charge < -0.3 is 14.8 Å². The molecule has 2 aromatic rings. The van der Waals surface area contributed by atoms with Crippen LogP contribution in [0.15, 0.2) is 28.7 Å². The van der Waals surface area contributed by atoms with Crippen molar-refractivity contribution < 1.29 is 27.9 Å². The number of benzene rings is 1. The van der Waals surface area contributed by atoms with Crippen LogP contribution in [0.25, 0.3) is 0 Å². The molecule has 1 aromatic carbocycles. The molecule has 0 bridgehead atoms. The summed E-state index contributed by atoms with van der Waals surface area (Å²) in [6.45, 7) is 1.54. The van der Waals surface area contributed by atoms with Gasteiger partial charge in [-0.05, 0) is 31.5 Å². The smallest absolute Gasteiger partial charge is 0.339 e. The zero-order chi connectivity index (χ0) is 17.4. The standard InChI is InChI=1S/C17H15F2NO4/c1-8-10(17(22)23)5-9(24-8)7-20-16(21)12-6-11(12)15-13(18)3-2-4-14(15)19/h2-5,11-12H,6-7H2,1H3,(H,20,21)(H,22,23). The summed E-state index contributed by atoms with van der Waals surface area (Å²) in [6.07, 6.45) is 0.376. The first kappa shape index (κ1) is 16.2. The van der Waals surface area contributed by atoms with Crippen molar-refractivity contribution in [3.63, 3.8) is 0 Å². The highest BCUT2D eigenvalue weighted by molar-refractivity contribution is 5.89. The van der Waals surface area contributed by atoms with Crippen LogP contribution in [0.3, 0.4) is 0 Å². The first-order chi connectivity index (χ1) is 11.4. The highest BCUT2D eigenvalue weighted by atomic mass is 19.1. The van der Waals surface area contributed by atoms with Crippen LogP contribution < -0.4 is 5.32 Å². The molecule has 0 aliphatic heterocycles. The van der Waals surface area contributed by atoms with Crippen LogP contribution in [0.5, 0.6) is 0 Å². The lowest BCUT2D eigenvalue weighted by atomic mass is 10.1. The minimum absolute atomic E-state index is 0.0237. The van der Waals surface area contributed by atoms with Crippen molar-refractivity contribution in [1.82, 2.24) is 5.32 Å². The number of amides is 1. The zero-order valence-corrected chi connectivity index (χ0v) is 12.8. The van der Waals surface area contributed by atoms with Crippen molar-refractivity contribution in [2.45, 2.75) is 25.8 Å². The molecular formula is C17H15F2NO4. The Balaban J connectivity index is 1.61. The van der Waals surface area contributed by atoms with Crippen LogP contribution in [0.4, 0.5) is 8.78 Å². The van der Waals surface area contributed by atoms with E-state index in [1.54, 1.807) is 0 Å². The Morgan fingerprint density at radius 1 is 1.33 bits per heavy atom. The van der Waals surface area contributed by atoms with Gasteiger partial charge in [-0.3, -0.25) is 4.79 Å². The Morgan fingerprint density at radius 3 is 2.58 bits per heavy atom. The average Bonchev–Trinajstić information content (AvgIpc) is 3.20. The summed E-state index contributed by atoms with van der Waals surface area (Å²) >= 11 is 0. The second-order valence-electron chi connectivity index (χ2n) is 5.79. The van der Waals surface area contributed by atoms with Gasteiger partial charge in [0.1, 0.15) is 28.7 Å². The van der Waals surface area contributed by atoms with Crippen LogP contribution in [0.1, 0.15) is 39.8 Å². The molecule has 5 nitrogen and oxygen atoms in total. The van der Waals surface area contributed by atoms with Crippen molar-refractivity contribution in [3.05, 3.63) is 58.5 Å². The number of halogens is 2. The van der Waals surface area contributed by atoms with Crippen molar-refractivity contribution in [3.8, 4) is 0 Å². The van der Waals surface area contributed by atoms with Gasteiger partial charge in [0.25, 0.3) is 0 Å². The number of rotatable bonds is 5. The predicted molar refractivity (Wildman–Crippen MR) is 79.5 cm³/mol. The quantitative estimate of drug-likeness (QED) is 0.880. The van der Waals surface area contributed by atoms with E-state index >= 15 is 0 Å². The van der Waals surface area contributed by atoms with Gasteiger partial charge in [-0.2, -0.15) is 0 Å². The molecule has 1 saturated carbocycles. The molecule has 3 rings (SSSR count). The minimum atomic E-state index is -1.11. The summed E-state index contributed by atoms with van der Waals surface area (Å²) in [6, 6.07) is 4.97. The molecule has 24 heavy (non-hydrogen) atoms. The Hall–Kier alpha value is -2.70. The maximum absolute atomic E-state index is 13.7. The van der Waals surface area contributed by atoms with Gasteiger partial charge in [-0.15, -0.1) is 0 Å². The lowest BCUT2D eigenvalue weighted by Crippen LogP contribution is -2.24. The third-order valence-corrected chi connectivity index (χ3v) is 4.13. The highest BCUT2D eigenvalue weighted by Gasteiger charge is 2.46. The number of aryl methyl sites for hydroxylation is 1. The van der Waals surface area contributed by atoms with Crippen LogP contribution >= 0.6 is 0 Å². The SMILES string of the molecule is Cc1oc(CNC(=O)C2CC2c2c(F)cccc2F)cc1C(=O)O. The van der Waals surface area contributed by atoms with Gasteiger partial charge in [0.2, 0.25) is 5.91 Å². The number of carbonyl (C=O) groups excluding carboxylic acids is 1. The molecule has 0 spiro atoms. The molecule has 2 unspecified atom stereocenters. The normalized spacial score (nSPS) is 19.1. The first-order valence-corrected chi connectivity index (χ1v) is 7.42. The maximum Gasteiger partial charge on any atom is 0.339 e. The number of furan rings is 1. The Kier molecular flexibility index (Phi) is 4.09. The molecule has 1 aliphatic carbocycles. The monoisotopic (exact) mass is 335 g/mol. The third-order valence-electron chi connectivity index (χ3n) is 4.13. The summed E-state index contributed by atoms with van der Waals surface area (Å²) < 4.78 is 32.7. The number of carboxylic acids is 1. The lowest BCUT2D eigenvalue weighted by Gasteiger charge is -2.05. The van der Waals surface area contributed by atoms with E-state index in [0.717, 1.165) is 0 Å². The van der Waals surface area contributed by atoms with Gasteiger partial charge in [-0.1, -0.05) is 6.07 Å². The van der Waals surface area contributed by atoms with Gasteiger partial charge in [0.05, 0.1) is 6.54 Å². The van der Waals surface area contributed by atoms with E-state index in [9.17, 15) is 18.4 Å².